The quantitative estimate of drug-likeness (QED) is 0.697. The average molecular weight is 225 g/mol. The monoisotopic (exact) mass is 225 g/mol. The van der Waals surface area contributed by atoms with Crippen LogP contribution in [0, 0.1) is 0 Å². The van der Waals surface area contributed by atoms with Gasteiger partial charge in [-0.05, 0) is 27.2 Å². The van der Waals surface area contributed by atoms with Gasteiger partial charge in [-0.15, -0.1) is 0 Å². The molecular formula is C12H23N3O. The van der Waals surface area contributed by atoms with Gasteiger partial charge in [-0.25, -0.2) is 0 Å². The molecule has 4 nitrogen and oxygen atoms in total. The number of rotatable bonds is 1. The van der Waals surface area contributed by atoms with Crippen LogP contribution in [-0.2, 0) is 4.79 Å². The minimum absolute atomic E-state index is 0.141. The highest BCUT2D eigenvalue weighted by Crippen LogP contribution is 2.18. The summed E-state index contributed by atoms with van der Waals surface area (Å²) in [6.07, 6.45) is 0.981. The van der Waals surface area contributed by atoms with E-state index in [0.717, 1.165) is 39.1 Å². The van der Waals surface area contributed by atoms with Gasteiger partial charge in [-0.1, -0.05) is 0 Å². The van der Waals surface area contributed by atoms with Gasteiger partial charge in [0.1, 0.15) is 0 Å². The number of carbonyl (C=O) groups excluding carboxylic acids is 1. The van der Waals surface area contributed by atoms with Crippen molar-refractivity contribution in [2.45, 2.75) is 38.8 Å². The van der Waals surface area contributed by atoms with Gasteiger partial charge >= 0.3 is 0 Å². The smallest absolute Gasteiger partial charge is 0.237 e. The number of nitrogens with zero attached hydrogens (tertiary/aromatic N) is 2. The van der Waals surface area contributed by atoms with Gasteiger partial charge in [-0.2, -0.15) is 0 Å². The predicted molar refractivity (Wildman–Crippen MR) is 64.3 cm³/mol. The van der Waals surface area contributed by atoms with E-state index in [2.05, 4.69) is 35.9 Å². The molecule has 1 atom stereocenters. The highest BCUT2D eigenvalue weighted by atomic mass is 16.2. The van der Waals surface area contributed by atoms with Crippen LogP contribution in [0.3, 0.4) is 0 Å². The molecule has 2 heterocycles. The fourth-order valence-electron chi connectivity index (χ4n) is 2.63. The Morgan fingerprint density at radius 1 is 1.19 bits per heavy atom. The maximum Gasteiger partial charge on any atom is 0.237 e. The molecule has 4 heteroatoms. The molecule has 0 aliphatic carbocycles. The minimum Gasteiger partial charge on any atom is -0.355 e. The first-order chi connectivity index (χ1) is 7.48. The highest BCUT2D eigenvalue weighted by Gasteiger charge is 2.34. The molecule has 16 heavy (non-hydrogen) atoms. The van der Waals surface area contributed by atoms with Gasteiger partial charge in [-0.3, -0.25) is 14.6 Å². The van der Waals surface area contributed by atoms with Gasteiger partial charge < -0.3 is 5.32 Å². The summed E-state index contributed by atoms with van der Waals surface area (Å²) < 4.78 is 0. The zero-order chi connectivity index (χ0) is 11.8. The number of hydrogen-bond donors (Lipinski definition) is 1. The lowest BCUT2D eigenvalue weighted by Gasteiger charge is -2.43. The van der Waals surface area contributed by atoms with Crippen molar-refractivity contribution < 1.29 is 4.79 Å². The van der Waals surface area contributed by atoms with Gasteiger partial charge in [0.05, 0.1) is 6.04 Å². The SMILES string of the molecule is CC(C)(C)N1CCN(C2CCNC2=O)CC1. The molecule has 0 aromatic carbocycles. The molecule has 2 rings (SSSR count). The summed E-state index contributed by atoms with van der Waals surface area (Å²) >= 11 is 0. The molecular weight excluding hydrogens is 202 g/mol. The third kappa shape index (κ3) is 2.38. The number of piperazine rings is 1. The summed E-state index contributed by atoms with van der Waals surface area (Å²) in [5.74, 6) is 0.226. The molecule has 2 fully saturated rings. The van der Waals surface area contributed by atoms with E-state index in [1.807, 2.05) is 0 Å². The van der Waals surface area contributed by atoms with Crippen LogP contribution >= 0.6 is 0 Å². The van der Waals surface area contributed by atoms with E-state index in [0.29, 0.717) is 0 Å². The number of carbonyl (C=O) groups is 1. The summed E-state index contributed by atoms with van der Waals surface area (Å²) in [7, 11) is 0. The molecule has 0 aromatic heterocycles. The Bertz CT molecular complexity index is 264. The summed E-state index contributed by atoms with van der Waals surface area (Å²) in [6.45, 7) is 11.8. The minimum atomic E-state index is 0.141. The van der Waals surface area contributed by atoms with E-state index < -0.39 is 0 Å². The largest absolute Gasteiger partial charge is 0.355 e. The van der Waals surface area contributed by atoms with Gasteiger partial charge in [0, 0.05) is 38.3 Å². The second kappa shape index (κ2) is 4.34. The zero-order valence-corrected chi connectivity index (χ0v) is 10.6. The van der Waals surface area contributed by atoms with Crippen LogP contribution in [0.5, 0.6) is 0 Å². The van der Waals surface area contributed by atoms with Crippen molar-refractivity contribution in [1.82, 2.24) is 15.1 Å². The lowest BCUT2D eigenvalue weighted by atomic mass is 10.0. The maximum absolute atomic E-state index is 11.6. The Kier molecular flexibility index (Phi) is 3.22. The summed E-state index contributed by atoms with van der Waals surface area (Å²) in [5, 5.41) is 2.91. The summed E-state index contributed by atoms with van der Waals surface area (Å²) in [4.78, 5) is 16.4. The molecule has 0 saturated carbocycles. The molecule has 2 saturated heterocycles. The number of amides is 1. The van der Waals surface area contributed by atoms with Gasteiger partial charge in [0.25, 0.3) is 0 Å². The number of hydrogen-bond acceptors (Lipinski definition) is 3. The molecule has 1 amide bonds. The Labute approximate surface area is 98.0 Å². The van der Waals surface area contributed by atoms with E-state index >= 15 is 0 Å². The van der Waals surface area contributed by atoms with E-state index in [1.165, 1.54) is 0 Å². The second-order valence-electron chi connectivity index (χ2n) is 5.79. The second-order valence-corrected chi connectivity index (χ2v) is 5.79. The predicted octanol–water partition coefficient (Wildman–Crippen LogP) is 0.291. The highest BCUT2D eigenvalue weighted by molar-refractivity contribution is 5.83. The van der Waals surface area contributed by atoms with Gasteiger partial charge in [0.15, 0.2) is 0 Å². The third-order valence-electron chi connectivity index (χ3n) is 3.72. The molecule has 0 radical (unpaired) electrons. The Hall–Kier alpha value is -0.610. The average Bonchev–Trinajstić information content (AvgIpc) is 2.63. The van der Waals surface area contributed by atoms with Crippen LogP contribution in [0.1, 0.15) is 27.2 Å². The molecule has 0 spiro atoms. The Balaban J connectivity index is 1.88. The lowest BCUT2D eigenvalue weighted by Crippen LogP contribution is -2.56. The van der Waals surface area contributed by atoms with Crippen LogP contribution < -0.4 is 5.32 Å². The zero-order valence-electron chi connectivity index (χ0n) is 10.6. The van der Waals surface area contributed by atoms with Crippen LogP contribution in [0.15, 0.2) is 0 Å². The van der Waals surface area contributed by atoms with E-state index in [-0.39, 0.29) is 17.5 Å². The molecule has 1 unspecified atom stereocenters. The first-order valence-corrected chi connectivity index (χ1v) is 6.25. The maximum atomic E-state index is 11.6. The van der Waals surface area contributed by atoms with E-state index in [4.69, 9.17) is 0 Å². The van der Waals surface area contributed by atoms with Crippen LogP contribution in [0.2, 0.25) is 0 Å². The van der Waals surface area contributed by atoms with Crippen molar-refractivity contribution in [1.29, 1.82) is 0 Å². The van der Waals surface area contributed by atoms with Crippen molar-refractivity contribution in [3.63, 3.8) is 0 Å². The first kappa shape index (κ1) is 11.9. The molecule has 2 aliphatic rings. The summed E-state index contributed by atoms with van der Waals surface area (Å²) in [5.41, 5.74) is 0.254. The molecule has 0 bridgehead atoms. The van der Waals surface area contributed by atoms with Crippen molar-refractivity contribution in [2.24, 2.45) is 0 Å². The van der Waals surface area contributed by atoms with Crippen LogP contribution in [0.25, 0.3) is 0 Å². The fraction of sp³-hybridized carbons (Fsp3) is 0.917. The number of nitrogens with one attached hydrogen (secondary N) is 1. The first-order valence-electron chi connectivity index (χ1n) is 6.25. The molecule has 0 aromatic rings. The fourth-order valence-corrected chi connectivity index (χ4v) is 2.63. The molecule has 1 N–H and O–H groups in total. The third-order valence-corrected chi connectivity index (χ3v) is 3.72. The topological polar surface area (TPSA) is 35.6 Å². The molecule has 92 valence electrons. The van der Waals surface area contributed by atoms with Crippen LogP contribution in [-0.4, -0.2) is 60.0 Å². The Morgan fingerprint density at radius 2 is 1.81 bits per heavy atom. The lowest BCUT2D eigenvalue weighted by molar-refractivity contribution is -0.124. The van der Waals surface area contributed by atoms with Crippen molar-refractivity contribution >= 4 is 5.91 Å². The Morgan fingerprint density at radius 3 is 2.25 bits per heavy atom. The summed E-state index contributed by atoms with van der Waals surface area (Å²) in [6, 6.07) is 0.141. The van der Waals surface area contributed by atoms with Crippen molar-refractivity contribution in [2.75, 3.05) is 32.7 Å². The molecule has 2 aliphatic heterocycles. The van der Waals surface area contributed by atoms with E-state index in [1.54, 1.807) is 0 Å². The normalized spacial score (nSPS) is 29.4. The van der Waals surface area contributed by atoms with Crippen LogP contribution in [0.4, 0.5) is 0 Å². The van der Waals surface area contributed by atoms with E-state index in [9.17, 15) is 4.79 Å². The van der Waals surface area contributed by atoms with Gasteiger partial charge in [0.2, 0.25) is 5.91 Å². The van der Waals surface area contributed by atoms with Crippen molar-refractivity contribution in [3.8, 4) is 0 Å². The standard InChI is InChI=1S/C12H23N3O/c1-12(2,3)15-8-6-14(7-9-15)10-4-5-13-11(10)16/h10H,4-9H2,1-3H3,(H,13,16). The van der Waals surface area contributed by atoms with Crippen molar-refractivity contribution in [3.05, 3.63) is 0 Å².